The Morgan fingerprint density at radius 2 is 1.69 bits per heavy atom. The molecule has 4 aromatic rings. The van der Waals surface area contributed by atoms with Crippen molar-refractivity contribution in [1.29, 1.82) is 0 Å². The molecule has 0 unspecified atom stereocenters. The van der Waals surface area contributed by atoms with Crippen molar-refractivity contribution in [3.8, 4) is 0 Å². The minimum Gasteiger partial charge on any atom is -0.451 e. The normalized spacial score (nSPS) is 11.0. The van der Waals surface area contributed by atoms with Crippen molar-refractivity contribution < 1.29 is 9.21 Å². The topological polar surface area (TPSA) is 46.3 Å². The third kappa shape index (κ3) is 3.66. The maximum absolute atomic E-state index is 13.6. The van der Waals surface area contributed by atoms with Crippen LogP contribution in [-0.2, 0) is 6.54 Å². The van der Waals surface area contributed by atoms with Gasteiger partial charge in [-0.1, -0.05) is 35.9 Å². The number of benzene rings is 2. The van der Waals surface area contributed by atoms with Crippen LogP contribution in [0, 0.1) is 27.7 Å². The average molecular weight is 384 g/mol. The van der Waals surface area contributed by atoms with Gasteiger partial charge in [-0.25, -0.2) is 4.98 Å². The molecule has 2 heterocycles. The van der Waals surface area contributed by atoms with E-state index in [-0.39, 0.29) is 5.91 Å². The summed E-state index contributed by atoms with van der Waals surface area (Å²) in [6.45, 7) is 8.53. The maximum atomic E-state index is 13.6. The van der Waals surface area contributed by atoms with Crippen molar-refractivity contribution in [3.05, 3.63) is 94.4 Å². The van der Waals surface area contributed by atoms with Gasteiger partial charge in [-0.2, -0.15) is 0 Å². The fourth-order valence-corrected chi connectivity index (χ4v) is 3.45. The van der Waals surface area contributed by atoms with E-state index in [4.69, 9.17) is 4.42 Å². The molecule has 0 saturated carbocycles. The molecule has 1 amide bonds. The fraction of sp³-hybridized carbons (Fsp3) is 0.200. The number of fused-ring (bicyclic) bond motifs is 1. The van der Waals surface area contributed by atoms with Gasteiger partial charge in [-0.3, -0.25) is 9.69 Å². The number of hydrogen-bond donors (Lipinski definition) is 0. The first kappa shape index (κ1) is 18.9. The monoisotopic (exact) mass is 384 g/mol. The number of rotatable bonds is 4. The van der Waals surface area contributed by atoms with Gasteiger partial charge in [0.1, 0.15) is 11.4 Å². The lowest BCUT2D eigenvalue weighted by atomic mass is 10.0. The molecule has 0 radical (unpaired) electrons. The fourth-order valence-electron chi connectivity index (χ4n) is 3.45. The van der Waals surface area contributed by atoms with Crippen molar-refractivity contribution in [2.75, 3.05) is 4.90 Å². The first-order chi connectivity index (χ1) is 13.9. The Balaban J connectivity index is 1.78. The Bertz CT molecular complexity index is 1180. The Labute approximate surface area is 170 Å². The van der Waals surface area contributed by atoms with Crippen LogP contribution in [0.5, 0.6) is 0 Å². The van der Waals surface area contributed by atoms with Crippen LogP contribution in [0.3, 0.4) is 0 Å². The lowest BCUT2D eigenvalue weighted by Crippen LogP contribution is -2.31. The summed E-state index contributed by atoms with van der Waals surface area (Å²) in [5.41, 5.74) is 6.15. The highest BCUT2D eigenvalue weighted by Crippen LogP contribution is 2.30. The third-order valence-corrected chi connectivity index (χ3v) is 5.38. The number of amides is 1. The van der Waals surface area contributed by atoms with Crippen LogP contribution in [0.15, 0.2) is 65.2 Å². The summed E-state index contributed by atoms with van der Waals surface area (Å²) in [4.78, 5) is 19.7. The number of pyridine rings is 1. The molecule has 0 aliphatic carbocycles. The molecular weight excluding hydrogens is 360 g/mol. The minimum atomic E-state index is -0.187. The van der Waals surface area contributed by atoms with Crippen LogP contribution in [0.1, 0.15) is 38.4 Å². The van der Waals surface area contributed by atoms with Crippen molar-refractivity contribution in [3.63, 3.8) is 0 Å². The highest BCUT2D eigenvalue weighted by molar-refractivity contribution is 6.07. The van der Waals surface area contributed by atoms with E-state index in [1.54, 1.807) is 11.1 Å². The zero-order chi connectivity index (χ0) is 20.5. The highest BCUT2D eigenvalue weighted by Gasteiger charge is 2.25. The van der Waals surface area contributed by atoms with E-state index >= 15 is 0 Å². The van der Waals surface area contributed by atoms with Crippen LogP contribution in [0.4, 0.5) is 5.82 Å². The van der Waals surface area contributed by atoms with E-state index in [1.807, 2.05) is 57.2 Å². The summed E-state index contributed by atoms with van der Waals surface area (Å²) >= 11 is 0. The van der Waals surface area contributed by atoms with Gasteiger partial charge in [-0.15, -0.1) is 0 Å². The van der Waals surface area contributed by atoms with Gasteiger partial charge in [0, 0.05) is 17.1 Å². The number of carbonyl (C=O) groups excluding carboxylic acids is 1. The first-order valence-corrected chi connectivity index (χ1v) is 9.73. The number of hydrogen-bond acceptors (Lipinski definition) is 3. The van der Waals surface area contributed by atoms with Crippen molar-refractivity contribution in [2.45, 2.75) is 34.2 Å². The molecule has 0 N–H and O–H groups in total. The highest BCUT2D eigenvalue weighted by atomic mass is 16.3. The minimum absolute atomic E-state index is 0.187. The van der Waals surface area contributed by atoms with Crippen LogP contribution in [0.2, 0.25) is 0 Å². The number of nitrogens with zero attached hydrogens (tertiary/aromatic N) is 2. The SMILES string of the molecule is Cc1ccc(CN(C(=O)c2oc3cc(C)c(C)cc3c2C)c2ccccn2)cc1. The van der Waals surface area contributed by atoms with Gasteiger partial charge in [0.15, 0.2) is 5.76 Å². The van der Waals surface area contributed by atoms with Crippen molar-refractivity contribution in [2.24, 2.45) is 0 Å². The average Bonchev–Trinajstić information content (AvgIpc) is 3.04. The third-order valence-electron chi connectivity index (χ3n) is 5.38. The molecule has 4 heteroatoms. The first-order valence-electron chi connectivity index (χ1n) is 9.73. The second kappa shape index (κ2) is 7.55. The summed E-state index contributed by atoms with van der Waals surface area (Å²) in [7, 11) is 0. The smallest absolute Gasteiger partial charge is 0.295 e. The molecule has 0 bridgehead atoms. The molecule has 29 heavy (non-hydrogen) atoms. The summed E-state index contributed by atoms with van der Waals surface area (Å²) < 4.78 is 6.04. The van der Waals surface area contributed by atoms with E-state index in [2.05, 4.69) is 30.1 Å². The molecule has 2 aromatic heterocycles. The van der Waals surface area contributed by atoms with Crippen LogP contribution >= 0.6 is 0 Å². The molecule has 4 nitrogen and oxygen atoms in total. The molecule has 0 aliphatic rings. The van der Waals surface area contributed by atoms with Crippen LogP contribution < -0.4 is 4.90 Å². The second-order valence-corrected chi connectivity index (χ2v) is 7.55. The molecule has 0 spiro atoms. The maximum Gasteiger partial charge on any atom is 0.295 e. The second-order valence-electron chi connectivity index (χ2n) is 7.55. The van der Waals surface area contributed by atoms with Gasteiger partial charge >= 0.3 is 0 Å². The van der Waals surface area contributed by atoms with E-state index in [9.17, 15) is 4.79 Å². The van der Waals surface area contributed by atoms with Crippen molar-refractivity contribution >= 4 is 22.7 Å². The molecular formula is C25H24N2O2. The summed E-state index contributed by atoms with van der Waals surface area (Å²) in [6.07, 6.45) is 1.70. The Morgan fingerprint density at radius 3 is 2.38 bits per heavy atom. The zero-order valence-electron chi connectivity index (χ0n) is 17.2. The van der Waals surface area contributed by atoms with Crippen molar-refractivity contribution in [1.82, 2.24) is 4.98 Å². The van der Waals surface area contributed by atoms with E-state index in [1.165, 1.54) is 11.1 Å². The summed E-state index contributed by atoms with van der Waals surface area (Å²) in [6, 6.07) is 17.8. The molecule has 4 rings (SSSR count). The number of furan rings is 1. The van der Waals surface area contributed by atoms with Gasteiger partial charge in [0.25, 0.3) is 5.91 Å². The van der Waals surface area contributed by atoms with E-state index in [0.29, 0.717) is 18.1 Å². The molecule has 0 atom stereocenters. The molecule has 2 aromatic carbocycles. The predicted octanol–water partition coefficient (Wildman–Crippen LogP) is 5.91. The number of anilines is 1. The Kier molecular flexibility index (Phi) is 4.93. The van der Waals surface area contributed by atoms with E-state index < -0.39 is 0 Å². The number of aryl methyl sites for hydroxylation is 4. The summed E-state index contributed by atoms with van der Waals surface area (Å²) in [5.74, 6) is 0.779. The van der Waals surface area contributed by atoms with Gasteiger partial charge < -0.3 is 4.42 Å². The number of aromatic nitrogens is 1. The largest absolute Gasteiger partial charge is 0.451 e. The Hall–Kier alpha value is -3.40. The lowest BCUT2D eigenvalue weighted by Gasteiger charge is -2.21. The van der Waals surface area contributed by atoms with Gasteiger partial charge in [0.05, 0.1) is 6.54 Å². The quantitative estimate of drug-likeness (QED) is 0.439. The summed E-state index contributed by atoms with van der Waals surface area (Å²) in [5, 5.41) is 0.979. The molecule has 0 fully saturated rings. The standard InChI is InChI=1S/C25H24N2O2/c1-16-8-10-20(11-9-16)15-27(23-7-5-6-12-26-23)25(28)24-19(4)21-13-17(2)18(3)14-22(21)29-24/h5-14H,15H2,1-4H3. The molecule has 146 valence electrons. The predicted molar refractivity (Wildman–Crippen MR) is 116 cm³/mol. The van der Waals surface area contributed by atoms with Crippen LogP contribution in [0.25, 0.3) is 11.0 Å². The van der Waals surface area contributed by atoms with Crippen LogP contribution in [-0.4, -0.2) is 10.9 Å². The zero-order valence-corrected chi connectivity index (χ0v) is 17.2. The van der Waals surface area contributed by atoms with E-state index in [0.717, 1.165) is 27.7 Å². The number of carbonyl (C=O) groups is 1. The Morgan fingerprint density at radius 1 is 0.966 bits per heavy atom. The van der Waals surface area contributed by atoms with Gasteiger partial charge in [0.2, 0.25) is 0 Å². The van der Waals surface area contributed by atoms with Gasteiger partial charge in [-0.05, 0) is 68.7 Å². The lowest BCUT2D eigenvalue weighted by molar-refractivity contribution is 0.0959. The molecule has 0 saturated heterocycles. The molecule has 0 aliphatic heterocycles.